The molecule has 6 rings (SSSR count). The van der Waals surface area contributed by atoms with E-state index in [9.17, 15) is 14.4 Å². The van der Waals surface area contributed by atoms with Gasteiger partial charge in [0.1, 0.15) is 11.7 Å². The molecule has 0 saturated carbocycles. The molecule has 2 N–H and O–H groups in total. The lowest BCUT2D eigenvalue weighted by atomic mass is 9.96. The van der Waals surface area contributed by atoms with Gasteiger partial charge in [-0.3, -0.25) is 14.5 Å². The Kier molecular flexibility index (Phi) is 9.81. The van der Waals surface area contributed by atoms with Crippen LogP contribution in [0.5, 0.6) is 0 Å². The zero-order chi connectivity index (χ0) is 31.9. The maximum Gasteiger partial charge on any atom is 0.338 e. The first-order valence-corrected chi connectivity index (χ1v) is 16.3. The van der Waals surface area contributed by atoms with Crippen molar-refractivity contribution in [1.29, 1.82) is 0 Å². The van der Waals surface area contributed by atoms with Gasteiger partial charge in [0.15, 0.2) is 0 Å². The molecule has 46 heavy (non-hydrogen) atoms. The summed E-state index contributed by atoms with van der Waals surface area (Å²) in [5.41, 5.74) is 4.07. The van der Waals surface area contributed by atoms with E-state index in [0.29, 0.717) is 42.3 Å². The second-order valence-electron chi connectivity index (χ2n) is 11.2. The van der Waals surface area contributed by atoms with Crippen molar-refractivity contribution in [2.75, 3.05) is 39.0 Å². The number of methoxy groups -OCH3 is 1. The summed E-state index contributed by atoms with van der Waals surface area (Å²) in [5.74, 6) is -0.711. The minimum Gasteiger partial charge on any atom is -0.465 e. The van der Waals surface area contributed by atoms with Crippen molar-refractivity contribution in [2.45, 2.75) is 17.0 Å². The Morgan fingerprint density at radius 1 is 0.804 bits per heavy atom. The van der Waals surface area contributed by atoms with Crippen LogP contribution in [0.15, 0.2) is 120 Å². The fourth-order valence-electron chi connectivity index (χ4n) is 5.96. The number of para-hydroxylation sites is 1. The lowest BCUT2D eigenvalue weighted by Gasteiger charge is -2.40. The van der Waals surface area contributed by atoms with Gasteiger partial charge in [-0.15, -0.1) is 11.8 Å². The minimum atomic E-state index is -0.819. The van der Waals surface area contributed by atoms with Crippen LogP contribution in [-0.2, 0) is 9.53 Å². The second-order valence-corrected chi connectivity index (χ2v) is 12.2. The van der Waals surface area contributed by atoms with E-state index in [1.807, 2.05) is 53.4 Å². The van der Waals surface area contributed by atoms with Crippen molar-refractivity contribution in [3.8, 4) is 0 Å². The number of hydrogen-bond donors (Lipinski definition) is 2. The van der Waals surface area contributed by atoms with Gasteiger partial charge in [-0.05, 0) is 35.4 Å². The number of aromatic nitrogens is 1. The highest BCUT2D eigenvalue weighted by atomic mass is 32.2. The molecule has 0 bridgehead atoms. The predicted octanol–water partition coefficient (Wildman–Crippen LogP) is 5.78. The largest absolute Gasteiger partial charge is 0.465 e. The minimum absolute atomic E-state index is 0.0718. The summed E-state index contributed by atoms with van der Waals surface area (Å²) in [6.07, 6.45) is 0. The molecule has 8 nitrogen and oxygen atoms in total. The molecule has 5 aromatic rings. The van der Waals surface area contributed by atoms with E-state index >= 15 is 0 Å². The molecule has 1 fully saturated rings. The number of nitrogens with one attached hydrogen (secondary N) is 2. The third kappa shape index (κ3) is 7.01. The Hall–Kier alpha value is -4.86. The fourth-order valence-corrected chi connectivity index (χ4v) is 7.01. The number of H-pyrrole nitrogens is 1. The van der Waals surface area contributed by atoms with Crippen molar-refractivity contribution in [3.05, 3.63) is 138 Å². The maximum atomic E-state index is 14.1. The van der Waals surface area contributed by atoms with E-state index in [1.54, 1.807) is 18.2 Å². The van der Waals surface area contributed by atoms with E-state index in [1.165, 1.54) is 30.0 Å². The summed E-state index contributed by atoms with van der Waals surface area (Å²) in [7, 11) is 1.34. The molecule has 0 aliphatic carbocycles. The summed E-state index contributed by atoms with van der Waals surface area (Å²) in [6.45, 7) is 2.41. The number of aromatic amines is 1. The molecule has 234 valence electrons. The molecule has 0 unspecified atom stereocenters. The smallest absolute Gasteiger partial charge is 0.338 e. The summed E-state index contributed by atoms with van der Waals surface area (Å²) in [4.78, 5) is 48.1. The van der Waals surface area contributed by atoms with Crippen LogP contribution in [0.1, 0.15) is 38.0 Å². The Morgan fingerprint density at radius 3 is 2.07 bits per heavy atom. The number of benzene rings is 4. The van der Waals surface area contributed by atoms with Crippen molar-refractivity contribution in [1.82, 2.24) is 20.1 Å². The third-order valence-corrected chi connectivity index (χ3v) is 9.46. The molecular formula is C37H36N4O4S. The molecular weight excluding hydrogens is 596 g/mol. The highest BCUT2D eigenvalue weighted by molar-refractivity contribution is 7.99. The van der Waals surface area contributed by atoms with Crippen LogP contribution in [0.25, 0.3) is 10.9 Å². The number of ether oxygens (including phenoxy) is 1. The van der Waals surface area contributed by atoms with Gasteiger partial charge in [-0.2, -0.15) is 0 Å². The van der Waals surface area contributed by atoms with Gasteiger partial charge < -0.3 is 19.9 Å². The second kappa shape index (κ2) is 14.5. The summed E-state index contributed by atoms with van der Waals surface area (Å²) < 4.78 is 4.96. The van der Waals surface area contributed by atoms with Gasteiger partial charge in [0, 0.05) is 47.7 Å². The van der Waals surface area contributed by atoms with Gasteiger partial charge in [0.2, 0.25) is 5.91 Å². The average molecular weight is 633 g/mol. The quantitative estimate of drug-likeness (QED) is 0.150. The molecule has 2 heterocycles. The van der Waals surface area contributed by atoms with Crippen molar-refractivity contribution in [3.63, 3.8) is 0 Å². The van der Waals surface area contributed by atoms with Gasteiger partial charge in [0.25, 0.3) is 5.91 Å². The van der Waals surface area contributed by atoms with Crippen molar-refractivity contribution >= 4 is 40.4 Å². The molecule has 1 aromatic heterocycles. The number of thioether (sulfide) groups is 1. The Balaban J connectivity index is 1.20. The molecule has 9 heteroatoms. The lowest BCUT2D eigenvalue weighted by Crippen LogP contribution is -2.56. The zero-order valence-electron chi connectivity index (χ0n) is 25.6. The van der Waals surface area contributed by atoms with Gasteiger partial charge in [-0.25, -0.2) is 4.79 Å². The number of hydrogen-bond acceptors (Lipinski definition) is 6. The number of rotatable bonds is 10. The number of carbonyl (C=O) groups excluding carboxylic acids is 3. The molecule has 1 saturated heterocycles. The number of nitrogens with zero attached hydrogens (tertiary/aromatic N) is 2. The van der Waals surface area contributed by atoms with E-state index in [2.05, 4.69) is 63.7 Å². The van der Waals surface area contributed by atoms with E-state index in [4.69, 9.17) is 4.74 Å². The topological polar surface area (TPSA) is 94.7 Å². The fraction of sp³-hybridized carbons (Fsp3) is 0.216. The third-order valence-electron chi connectivity index (χ3n) is 8.30. The van der Waals surface area contributed by atoms with Crippen LogP contribution in [0.4, 0.5) is 0 Å². The molecule has 1 aliphatic rings. The molecule has 1 aliphatic heterocycles. The number of piperazine rings is 1. The summed E-state index contributed by atoms with van der Waals surface area (Å²) in [6, 6.07) is 36.7. The highest BCUT2D eigenvalue weighted by Crippen LogP contribution is 2.30. The molecule has 4 aromatic carbocycles. The zero-order valence-corrected chi connectivity index (χ0v) is 26.4. The van der Waals surface area contributed by atoms with Crippen LogP contribution in [0.2, 0.25) is 0 Å². The molecule has 1 atom stereocenters. The first-order chi connectivity index (χ1) is 22.5. The maximum absolute atomic E-state index is 14.1. The normalized spacial score (nSPS) is 14.3. The van der Waals surface area contributed by atoms with Gasteiger partial charge >= 0.3 is 5.97 Å². The summed E-state index contributed by atoms with van der Waals surface area (Å²) in [5, 5.41) is 3.91. The molecule has 2 amide bonds. The Bertz CT molecular complexity index is 1730. The van der Waals surface area contributed by atoms with Crippen LogP contribution in [-0.4, -0.2) is 77.7 Å². The number of carbonyl (C=O) groups is 3. The average Bonchev–Trinajstić information content (AvgIpc) is 3.56. The first kappa shape index (κ1) is 31.1. The highest BCUT2D eigenvalue weighted by Gasteiger charge is 2.32. The number of fused-ring (bicyclic) bond motifs is 1. The summed E-state index contributed by atoms with van der Waals surface area (Å²) >= 11 is 1.35. The Morgan fingerprint density at radius 2 is 1.41 bits per heavy atom. The van der Waals surface area contributed by atoms with Gasteiger partial charge in [-0.1, -0.05) is 91.0 Å². The monoisotopic (exact) mass is 632 g/mol. The number of esters is 1. The number of amides is 2. The van der Waals surface area contributed by atoms with E-state index in [-0.39, 0.29) is 23.6 Å². The van der Waals surface area contributed by atoms with Crippen LogP contribution < -0.4 is 5.32 Å². The SMILES string of the molecule is COC(=O)c1ccccc1SC[C@H](NC(=O)c1cc2ccccc2[nH]1)C(=O)N1CCN(C(c2ccccc2)c2ccccc2)CC1. The lowest BCUT2D eigenvalue weighted by molar-refractivity contribution is -0.134. The van der Waals surface area contributed by atoms with Crippen molar-refractivity contribution < 1.29 is 19.1 Å². The van der Waals surface area contributed by atoms with E-state index < -0.39 is 12.0 Å². The first-order valence-electron chi connectivity index (χ1n) is 15.3. The van der Waals surface area contributed by atoms with Crippen LogP contribution in [0.3, 0.4) is 0 Å². The van der Waals surface area contributed by atoms with Crippen LogP contribution in [0, 0.1) is 0 Å². The molecule has 0 radical (unpaired) electrons. The van der Waals surface area contributed by atoms with Crippen molar-refractivity contribution in [2.24, 2.45) is 0 Å². The Labute approximate surface area is 272 Å². The van der Waals surface area contributed by atoms with E-state index in [0.717, 1.165) is 10.9 Å². The van der Waals surface area contributed by atoms with Gasteiger partial charge in [0.05, 0.1) is 18.7 Å². The van der Waals surface area contributed by atoms with Crippen LogP contribution >= 0.6 is 11.8 Å². The predicted molar refractivity (Wildman–Crippen MR) is 181 cm³/mol. The standard InChI is InChI=1S/C37H36N4O4S/c1-45-37(44)29-17-9-11-19-33(29)46-25-32(39-35(42)31-24-28-16-8-10-18-30(28)38-31)36(43)41-22-20-40(21-23-41)34(26-12-4-2-5-13-26)27-14-6-3-7-15-27/h2-19,24,32,34,38H,20-23,25H2,1H3,(H,39,42)/t32-/m0/s1. The molecule has 0 spiro atoms.